The Balaban J connectivity index is 1.78. The Morgan fingerprint density at radius 3 is 2.61 bits per heavy atom. The number of carbonyl (C=O) groups excluding carboxylic acids is 2. The van der Waals surface area contributed by atoms with Gasteiger partial charge in [-0.05, 0) is 42.7 Å². The lowest BCUT2D eigenvalue weighted by Crippen LogP contribution is -2.18. The smallest absolute Gasteiger partial charge is 0.274 e. The van der Waals surface area contributed by atoms with Crippen LogP contribution < -0.4 is 10.6 Å². The second-order valence-electron chi connectivity index (χ2n) is 5.67. The number of nitrogens with one attached hydrogen (secondary N) is 2. The second-order valence-corrected chi connectivity index (χ2v) is 5.67. The SMILES string of the molecule is C[C@H]1C[C@H]1C(=O)Nc1cc(F)ccc1NC(=O)c1ccccn1. The van der Waals surface area contributed by atoms with Crippen LogP contribution in [-0.4, -0.2) is 16.8 Å². The van der Waals surface area contributed by atoms with Crippen LogP contribution in [0.15, 0.2) is 42.6 Å². The summed E-state index contributed by atoms with van der Waals surface area (Å²) in [5, 5.41) is 5.33. The van der Waals surface area contributed by atoms with Crippen LogP contribution in [0.5, 0.6) is 0 Å². The highest BCUT2D eigenvalue weighted by Gasteiger charge is 2.39. The molecule has 1 aromatic carbocycles. The Morgan fingerprint density at radius 2 is 1.96 bits per heavy atom. The molecule has 6 heteroatoms. The normalized spacial score (nSPS) is 19.0. The number of pyridine rings is 1. The molecule has 0 saturated heterocycles. The number of hydrogen-bond donors (Lipinski definition) is 2. The predicted molar refractivity (Wildman–Crippen MR) is 84.5 cm³/mol. The molecule has 0 radical (unpaired) electrons. The number of carbonyl (C=O) groups is 2. The fourth-order valence-electron chi connectivity index (χ4n) is 2.33. The molecule has 0 aliphatic heterocycles. The van der Waals surface area contributed by atoms with Gasteiger partial charge in [0.2, 0.25) is 5.91 Å². The van der Waals surface area contributed by atoms with Crippen LogP contribution in [0.1, 0.15) is 23.8 Å². The van der Waals surface area contributed by atoms with Crippen LogP contribution in [0.3, 0.4) is 0 Å². The first-order chi connectivity index (χ1) is 11.0. The van der Waals surface area contributed by atoms with Gasteiger partial charge in [0, 0.05) is 12.1 Å². The summed E-state index contributed by atoms with van der Waals surface area (Å²) in [4.78, 5) is 28.2. The average Bonchev–Trinajstić information content (AvgIpc) is 3.28. The van der Waals surface area contributed by atoms with Crippen molar-refractivity contribution in [2.24, 2.45) is 11.8 Å². The Labute approximate surface area is 132 Å². The van der Waals surface area contributed by atoms with Crippen LogP contribution in [0.4, 0.5) is 15.8 Å². The lowest BCUT2D eigenvalue weighted by Gasteiger charge is -2.12. The molecule has 1 aromatic heterocycles. The van der Waals surface area contributed by atoms with Gasteiger partial charge in [-0.2, -0.15) is 0 Å². The van der Waals surface area contributed by atoms with Gasteiger partial charge in [0.15, 0.2) is 0 Å². The van der Waals surface area contributed by atoms with Crippen molar-refractivity contribution in [3.8, 4) is 0 Å². The van der Waals surface area contributed by atoms with Crippen LogP contribution >= 0.6 is 0 Å². The quantitative estimate of drug-likeness (QED) is 0.911. The summed E-state index contributed by atoms with van der Waals surface area (Å²) in [6, 6.07) is 8.81. The van der Waals surface area contributed by atoms with E-state index in [1.807, 2.05) is 6.92 Å². The second kappa shape index (κ2) is 6.16. The van der Waals surface area contributed by atoms with Crippen molar-refractivity contribution in [3.63, 3.8) is 0 Å². The number of amides is 2. The molecule has 5 nitrogen and oxygen atoms in total. The molecule has 1 heterocycles. The van der Waals surface area contributed by atoms with Gasteiger partial charge in [-0.15, -0.1) is 0 Å². The van der Waals surface area contributed by atoms with Crippen LogP contribution in [0.2, 0.25) is 0 Å². The van der Waals surface area contributed by atoms with Gasteiger partial charge >= 0.3 is 0 Å². The average molecular weight is 313 g/mol. The maximum Gasteiger partial charge on any atom is 0.274 e. The number of anilines is 2. The molecule has 118 valence electrons. The fraction of sp³-hybridized carbons (Fsp3) is 0.235. The third kappa shape index (κ3) is 3.53. The minimum Gasteiger partial charge on any atom is -0.324 e. The maximum atomic E-state index is 13.5. The number of benzene rings is 1. The summed E-state index contributed by atoms with van der Waals surface area (Å²) < 4.78 is 13.5. The van der Waals surface area contributed by atoms with Crippen molar-refractivity contribution in [3.05, 3.63) is 54.1 Å². The molecule has 0 bridgehead atoms. The molecule has 1 aliphatic carbocycles. The Hall–Kier alpha value is -2.76. The van der Waals surface area contributed by atoms with E-state index in [1.54, 1.807) is 18.2 Å². The van der Waals surface area contributed by atoms with Crippen LogP contribution in [0.25, 0.3) is 0 Å². The Kier molecular flexibility index (Phi) is 4.06. The number of aromatic nitrogens is 1. The molecule has 23 heavy (non-hydrogen) atoms. The standard InChI is InChI=1S/C17H16FN3O2/c1-10-8-12(10)16(22)21-15-9-11(18)5-6-13(15)20-17(23)14-4-2-3-7-19-14/h2-7,9-10,12H,8H2,1H3,(H,20,23)(H,21,22)/t10-,12+/m0/s1. The highest BCUT2D eigenvalue weighted by molar-refractivity contribution is 6.06. The van der Waals surface area contributed by atoms with Crippen molar-refractivity contribution in [1.29, 1.82) is 0 Å². The molecule has 2 atom stereocenters. The van der Waals surface area contributed by atoms with E-state index in [0.717, 1.165) is 6.42 Å². The highest BCUT2D eigenvalue weighted by Crippen LogP contribution is 2.39. The van der Waals surface area contributed by atoms with E-state index in [4.69, 9.17) is 0 Å². The number of hydrogen-bond acceptors (Lipinski definition) is 3. The van der Waals surface area contributed by atoms with Gasteiger partial charge in [0.1, 0.15) is 11.5 Å². The predicted octanol–water partition coefficient (Wildman–Crippen LogP) is 3.07. The summed E-state index contributed by atoms with van der Waals surface area (Å²) in [6.45, 7) is 1.99. The summed E-state index contributed by atoms with van der Waals surface area (Å²) in [7, 11) is 0. The minimum absolute atomic E-state index is 0.0439. The molecule has 0 unspecified atom stereocenters. The third-order valence-corrected chi connectivity index (χ3v) is 3.83. The Morgan fingerprint density at radius 1 is 1.17 bits per heavy atom. The highest BCUT2D eigenvalue weighted by atomic mass is 19.1. The van der Waals surface area contributed by atoms with Crippen molar-refractivity contribution in [1.82, 2.24) is 4.98 Å². The lowest BCUT2D eigenvalue weighted by atomic mass is 10.2. The number of nitrogens with zero attached hydrogens (tertiary/aromatic N) is 1. The van der Waals surface area contributed by atoms with Crippen molar-refractivity contribution in [2.75, 3.05) is 10.6 Å². The van der Waals surface area contributed by atoms with Crippen molar-refractivity contribution >= 4 is 23.2 Å². The molecule has 1 aliphatic rings. The van der Waals surface area contributed by atoms with Crippen LogP contribution in [-0.2, 0) is 4.79 Å². The molecule has 2 amide bonds. The van der Waals surface area contributed by atoms with Gasteiger partial charge in [-0.3, -0.25) is 14.6 Å². The van der Waals surface area contributed by atoms with E-state index in [9.17, 15) is 14.0 Å². The monoisotopic (exact) mass is 313 g/mol. The van der Waals surface area contributed by atoms with E-state index in [1.165, 1.54) is 24.4 Å². The van der Waals surface area contributed by atoms with Crippen molar-refractivity contribution in [2.45, 2.75) is 13.3 Å². The molecule has 2 aromatic rings. The van der Waals surface area contributed by atoms with Gasteiger partial charge in [-0.25, -0.2) is 4.39 Å². The van der Waals surface area contributed by atoms with Gasteiger partial charge in [0.25, 0.3) is 5.91 Å². The molecular formula is C17H16FN3O2. The zero-order valence-electron chi connectivity index (χ0n) is 12.5. The fourth-order valence-corrected chi connectivity index (χ4v) is 2.33. The molecule has 0 spiro atoms. The molecule has 3 rings (SSSR count). The van der Waals surface area contributed by atoms with E-state index in [0.29, 0.717) is 11.6 Å². The van der Waals surface area contributed by atoms with E-state index >= 15 is 0 Å². The van der Waals surface area contributed by atoms with E-state index in [2.05, 4.69) is 15.6 Å². The zero-order valence-corrected chi connectivity index (χ0v) is 12.5. The maximum absolute atomic E-state index is 13.5. The number of rotatable bonds is 4. The summed E-state index contributed by atoms with van der Waals surface area (Å²) in [5.41, 5.74) is 0.826. The zero-order chi connectivity index (χ0) is 16.4. The van der Waals surface area contributed by atoms with Gasteiger partial charge in [-0.1, -0.05) is 13.0 Å². The van der Waals surface area contributed by atoms with Gasteiger partial charge < -0.3 is 10.6 Å². The topological polar surface area (TPSA) is 71.1 Å². The Bertz CT molecular complexity index is 749. The third-order valence-electron chi connectivity index (χ3n) is 3.83. The molecular weight excluding hydrogens is 297 g/mol. The van der Waals surface area contributed by atoms with E-state index < -0.39 is 11.7 Å². The summed E-state index contributed by atoms with van der Waals surface area (Å²) in [6.07, 6.45) is 2.34. The van der Waals surface area contributed by atoms with Crippen molar-refractivity contribution < 1.29 is 14.0 Å². The minimum atomic E-state index is -0.486. The van der Waals surface area contributed by atoms with Gasteiger partial charge in [0.05, 0.1) is 11.4 Å². The largest absolute Gasteiger partial charge is 0.324 e. The first-order valence-corrected chi connectivity index (χ1v) is 7.37. The summed E-state index contributed by atoms with van der Waals surface area (Å²) in [5.74, 6) is -0.767. The lowest BCUT2D eigenvalue weighted by molar-refractivity contribution is -0.117. The molecule has 1 fully saturated rings. The number of halogens is 1. The van der Waals surface area contributed by atoms with Crippen LogP contribution in [0, 0.1) is 17.7 Å². The molecule has 2 N–H and O–H groups in total. The first kappa shape index (κ1) is 15.1. The first-order valence-electron chi connectivity index (χ1n) is 7.37. The summed E-state index contributed by atoms with van der Waals surface area (Å²) >= 11 is 0. The van der Waals surface area contributed by atoms with E-state index in [-0.39, 0.29) is 23.2 Å². The molecule has 1 saturated carbocycles.